The number of aromatic amines is 1. The van der Waals surface area contributed by atoms with Gasteiger partial charge in [-0.15, -0.1) is 5.10 Å². The maximum atomic E-state index is 13.0. The monoisotopic (exact) mass is 437 g/mol. The smallest absolute Gasteiger partial charge is 0.243 e. The topological polar surface area (TPSA) is 132 Å². The molecule has 2 aromatic heterocycles. The number of rotatable bonds is 7. The van der Waals surface area contributed by atoms with Crippen molar-refractivity contribution in [1.82, 2.24) is 29.0 Å². The van der Waals surface area contributed by atoms with E-state index in [1.165, 1.54) is 16.1 Å². The lowest BCUT2D eigenvalue weighted by Gasteiger charge is -2.26. The Morgan fingerprint density at radius 1 is 1.28 bits per heavy atom. The van der Waals surface area contributed by atoms with Gasteiger partial charge in [-0.1, -0.05) is 18.7 Å². The molecule has 3 N–H and O–H groups in total. The number of nitrogens with one attached hydrogen (secondary N) is 1. The molecule has 1 saturated heterocycles. The van der Waals surface area contributed by atoms with Crippen molar-refractivity contribution in [2.45, 2.75) is 35.7 Å². The van der Waals surface area contributed by atoms with Crippen molar-refractivity contribution >= 4 is 38.8 Å². The molecule has 0 radical (unpaired) electrons. The zero-order valence-electron chi connectivity index (χ0n) is 16.0. The largest absolute Gasteiger partial charge is 0.379 e. The average molecular weight is 438 g/mol. The summed E-state index contributed by atoms with van der Waals surface area (Å²) in [6.07, 6.45) is 0.935. The molecule has 1 aliphatic heterocycles. The van der Waals surface area contributed by atoms with Gasteiger partial charge in [0.2, 0.25) is 21.1 Å². The molecule has 4 rings (SSSR count). The summed E-state index contributed by atoms with van der Waals surface area (Å²) >= 11 is 1.42. The third kappa shape index (κ3) is 4.10. The maximum Gasteiger partial charge on any atom is 0.243 e. The molecule has 3 heterocycles. The molecule has 10 nitrogen and oxygen atoms in total. The first-order valence-corrected chi connectivity index (χ1v) is 11.8. The van der Waals surface area contributed by atoms with Gasteiger partial charge in [0, 0.05) is 19.6 Å². The number of aromatic nitrogens is 5. The Morgan fingerprint density at radius 3 is 2.76 bits per heavy atom. The van der Waals surface area contributed by atoms with Crippen LogP contribution in [0.25, 0.3) is 11.0 Å². The van der Waals surface area contributed by atoms with Crippen LogP contribution >= 0.6 is 11.8 Å². The number of hydrogen-bond acceptors (Lipinski definition) is 8. The van der Waals surface area contributed by atoms with Gasteiger partial charge in [-0.05, 0) is 24.6 Å². The first-order chi connectivity index (χ1) is 14.0. The van der Waals surface area contributed by atoms with E-state index in [0.717, 1.165) is 24.3 Å². The number of H-pyrrole nitrogens is 1. The number of thioether (sulfide) groups is 1. The van der Waals surface area contributed by atoms with Crippen LogP contribution in [0.15, 0.2) is 28.3 Å². The van der Waals surface area contributed by atoms with Gasteiger partial charge in [0.15, 0.2) is 0 Å². The standard InChI is InChI=1S/C17H23N7O3S2/c1-2-5-24-14-4-3-12(29(25,26)23-6-8-27-9-7-23)10-13(14)19-15(24)11-28-17-20-16(18)21-22-17/h3-4,10H,2,5-9,11H2,1H3,(H3,18,20,21,22). The predicted molar refractivity (Wildman–Crippen MR) is 110 cm³/mol. The van der Waals surface area contributed by atoms with E-state index in [1.807, 2.05) is 6.07 Å². The summed E-state index contributed by atoms with van der Waals surface area (Å²) in [5.74, 6) is 1.67. The molecule has 1 aliphatic rings. The number of aryl methyl sites for hydroxylation is 1. The fourth-order valence-electron chi connectivity index (χ4n) is 3.29. The summed E-state index contributed by atoms with van der Waals surface area (Å²) in [5, 5.41) is 7.19. The van der Waals surface area contributed by atoms with Crippen molar-refractivity contribution in [2.24, 2.45) is 0 Å². The number of anilines is 1. The van der Waals surface area contributed by atoms with Crippen molar-refractivity contribution in [2.75, 3.05) is 32.0 Å². The number of nitrogens with zero attached hydrogens (tertiary/aromatic N) is 5. The molecule has 0 aliphatic carbocycles. The summed E-state index contributed by atoms with van der Waals surface area (Å²) in [5.41, 5.74) is 7.15. The van der Waals surface area contributed by atoms with Crippen LogP contribution in [0.3, 0.4) is 0 Å². The minimum absolute atomic E-state index is 0.258. The summed E-state index contributed by atoms with van der Waals surface area (Å²) in [7, 11) is -3.56. The van der Waals surface area contributed by atoms with Crippen molar-refractivity contribution in [3.63, 3.8) is 0 Å². The van der Waals surface area contributed by atoms with E-state index in [4.69, 9.17) is 15.5 Å². The third-order valence-electron chi connectivity index (χ3n) is 4.67. The fraction of sp³-hybridized carbons (Fsp3) is 0.471. The molecule has 1 fully saturated rings. The molecule has 0 amide bonds. The van der Waals surface area contributed by atoms with Gasteiger partial charge in [-0.25, -0.2) is 18.5 Å². The lowest BCUT2D eigenvalue weighted by Crippen LogP contribution is -2.40. The van der Waals surface area contributed by atoms with Gasteiger partial charge in [0.25, 0.3) is 0 Å². The Balaban J connectivity index is 1.65. The lowest BCUT2D eigenvalue weighted by atomic mass is 10.3. The van der Waals surface area contributed by atoms with Gasteiger partial charge in [0.05, 0.1) is 34.9 Å². The van der Waals surface area contributed by atoms with E-state index < -0.39 is 10.0 Å². The normalized spacial score (nSPS) is 15.9. The van der Waals surface area contributed by atoms with Crippen LogP contribution in [0, 0.1) is 0 Å². The van der Waals surface area contributed by atoms with Gasteiger partial charge in [-0.3, -0.25) is 0 Å². The van der Waals surface area contributed by atoms with Crippen molar-refractivity contribution < 1.29 is 13.2 Å². The third-order valence-corrected chi connectivity index (χ3v) is 7.40. The minimum atomic E-state index is -3.56. The van der Waals surface area contributed by atoms with Crippen molar-refractivity contribution in [1.29, 1.82) is 0 Å². The molecule has 0 spiro atoms. The second-order valence-electron chi connectivity index (χ2n) is 6.64. The highest BCUT2D eigenvalue weighted by Crippen LogP contribution is 2.26. The van der Waals surface area contributed by atoms with E-state index in [-0.39, 0.29) is 10.8 Å². The zero-order chi connectivity index (χ0) is 20.4. The molecule has 1 aromatic carbocycles. The number of nitrogens with two attached hydrogens (primary N) is 1. The summed E-state index contributed by atoms with van der Waals surface area (Å²) in [6.45, 7) is 4.45. The molecule has 3 aromatic rings. The summed E-state index contributed by atoms with van der Waals surface area (Å²) in [4.78, 5) is 9.06. The molecular weight excluding hydrogens is 414 g/mol. The number of benzene rings is 1. The van der Waals surface area contributed by atoms with Crippen LogP contribution in [0.1, 0.15) is 19.2 Å². The van der Waals surface area contributed by atoms with Gasteiger partial charge >= 0.3 is 0 Å². The van der Waals surface area contributed by atoms with Crippen LogP contribution in [-0.2, 0) is 27.1 Å². The van der Waals surface area contributed by atoms with Crippen LogP contribution in [0.5, 0.6) is 0 Å². The highest BCUT2D eigenvalue weighted by molar-refractivity contribution is 7.98. The highest BCUT2D eigenvalue weighted by atomic mass is 32.2. The molecule has 12 heteroatoms. The molecule has 0 unspecified atom stereocenters. The average Bonchev–Trinajstić information content (AvgIpc) is 3.30. The molecule has 0 atom stereocenters. The fourth-order valence-corrected chi connectivity index (χ4v) is 5.47. The van der Waals surface area contributed by atoms with Crippen LogP contribution in [-0.4, -0.2) is 63.8 Å². The molecular formula is C17H23N7O3S2. The van der Waals surface area contributed by atoms with Crippen LogP contribution < -0.4 is 5.73 Å². The number of fused-ring (bicyclic) bond motifs is 1. The Morgan fingerprint density at radius 2 is 2.07 bits per heavy atom. The number of hydrogen-bond donors (Lipinski definition) is 2. The van der Waals surface area contributed by atoms with E-state index in [1.54, 1.807) is 12.1 Å². The Kier molecular flexibility index (Phi) is 5.76. The van der Waals surface area contributed by atoms with E-state index >= 15 is 0 Å². The van der Waals surface area contributed by atoms with Crippen LogP contribution in [0.2, 0.25) is 0 Å². The molecule has 0 saturated carbocycles. The second-order valence-corrected chi connectivity index (χ2v) is 9.52. The first kappa shape index (κ1) is 20.1. The lowest BCUT2D eigenvalue weighted by molar-refractivity contribution is 0.0730. The zero-order valence-corrected chi connectivity index (χ0v) is 17.7. The Hall–Kier alpha value is -2.15. The maximum absolute atomic E-state index is 13.0. The second kappa shape index (κ2) is 8.30. The van der Waals surface area contributed by atoms with Gasteiger partial charge in [-0.2, -0.15) is 9.29 Å². The van der Waals surface area contributed by atoms with Gasteiger partial charge < -0.3 is 15.0 Å². The Bertz CT molecular complexity index is 1100. The highest BCUT2D eigenvalue weighted by Gasteiger charge is 2.27. The van der Waals surface area contributed by atoms with E-state index in [0.29, 0.717) is 42.7 Å². The number of sulfonamides is 1. The number of nitrogen functional groups attached to an aromatic ring is 1. The molecule has 0 bridgehead atoms. The van der Waals surface area contributed by atoms with Crippen molar-refractivity contribution in [3.05, 3.63) is 24.0 Å². The molecule has 156 valence electrons. The van der Waals surface area contributed by atoms with Crippen LogP contribution in [0.4, 0.5) is 5.95 Å². The SMILES string of the molecule is CCCn1c(CSc2n[nH]c(N)n2)nc2cc(S(=O)(=O)N3CCOCC3)ccc21. The summed E-state index contributed by atoms with van der Waals surface area (Å²) < 4.78 is 34.8. The van der Waals surface area contributed by atoms with Crippen molar-refractivity contribution in [3.8, 4) is 0 Å². The number of ether oxygens (including phenoxy) is 1. The van der Waals surface area contributed by atoms with Gasteiger partial charge in [0.1, 0.15) is 5.82 Å². The number of imidazole rings is 1. The van der Waals surface area contributed by atoms with E-state index in [9.17, 15) is 8.42 Å². The van der Waals surface area contributed by atoms with E-state index in [2.05, 4.69) is 26.7 Å². The predicted octanol–water partition coefficient (Wildman–Crippen LogP) is 1.46. The molecule has 29 heavy (non-hydrogen) atoms. The summed E-state index contributed by atoms with van der Waals surface area (Å²) in [6, 6.07) is 5.16. The first-order valence-electron chi connectivity index (χ1n) is 9.37. The quantitative estimate of drug-likeness (QED) is 0.531. The Labute approximate surface area is 172 Å². The number of morpholine rings is 1. The minimum Gasteiger partial charge on any atom is -0.379 e.